The van der Waals surface area contributed by atoms with Gasteiger partial charge in [0.1, 0.15) is 11.9 Å². The minimum atomic E-state index is 0.504. The van der Waals surface area contributed by atoms with E-state index in [-0.39, 0.29) is 0 Å². The van der Waals surface area contributed by atoms with Gasteiger partial charge in [-0.05, 0) is 24.8 Å². The topological polar surface area (TPSA) is 74.7 Å². The van der Waals surface area contributed by atoms with Gasteiger partial charge in [0.25, 0.3) is 0 Å². The first kappa shape index (κ1) is 12.7. The SMILES string of the molecule is N#Cc1cnc(NCCCC2CCCC2)c(N)c1. The maximum Gasteiger partial charge on any atom is 0.149 e. The molecule has 0 atom stereocenters. The van der Waals surface area contributed by atoms with E-state index < -0.39 is 0 Å². The molecule has 3 N–H and O–H groups in total. The Morgan fingerprint density at radius 3 is 2.89 bits per heavy atom. The number of nitrogens with two attached hydrogens (primary N) is 1. The average molecular weight is 244 g/mol. The monoisotopic (exact) mass is 244 g/mol. The number of hydrogen-bond donors (Lipinski definition) is 2. The Morgan fingerprint density at radius 1 is 1.44 bits per heavy atom. The van der Waals surface area contributed by atoms with Gasteiger partial charge in [0.05, 0.1) is 11.3 Å². The number of nitriles is 1. The molecular formula is C14H20N4. The van der Waals surface area contributed by atoms with E-state index in [1.807, 2.05) is 6.07 Å². The van der Waals surface area contributed by atoms with Crippen LogP contribution in [-0.4, -0.2) is 11.5 Å². The summed E-state index contributed by atoms with van der Waals surface area (Å²) in [5, 5.41) is 12.0. The van der Waals surface area contributed by atoms with E-state index in [1.54, 1.807) is 12.3 Å². The lowest BCUT2D eigenvalue weighted by atomic mass is 10.0. The summed E-state index contributed by atoms with van der Waals surface area (Å²) in [6, 6.07) is 3.69. The number of aromatic nitrogens is 1. The Morgan fingerprint density at radius 2 is 2.22 bits per heavy atom. The summed E-state index contributed by atoms with van der Waals surface area (Å²) in [6.45, 7) is 0.902. The van der Waals surface area contributed by atoms with Gasteiger partial charge in [0.15, 0.2) is 0 Å². The van der Waals surface area contributed by atoms with Gasteiger partial charge < -0.3 is 11.1 Å². The van der Waals surface area contributed by atoms with Crippen molar-refractivity contribution in [1.82, 2.24) is 4.98 Å². The molecule has 1 aromatic heterocycles. The summed E-state index contributed by atoms with van der Waals surface area (Å²) >= 11 is 0. The second-order valence-electron chi connectivity index (χ2n) is 4.99. The van der Waals surface area contributed by atoms with E-state index in [1.165, 1.54) is 32.1 Å². The van der Waals surface area contributed by atoms with Gasteiger partial charge in [0.2, 0.25) is 0 Å². The Labute approximate surface area is 108 Å². The van der Waals surface area contributed by atoms with Crippen LogP contribution in [0.5, 0.6) is 0 Å². The van der Waals surface area contributed by atoms with Crippen molar-refractivity contribution in [3.8, 4) is 6.07 Å². The lowest BCUT2D eigenvalue weighted by Gasteiger charge is -2.10. The summed E-state index contributed by atoms with van der Waals surface area (Å²) in [4.78, 5) is 4.16. The second-order valence-corrected chi connectivity index (χ2v) is 4.99. The smallest absolute Gasteiger partial charge is 0.149 e. The quantitative estimate of drug-likeness (QED) is 0.781. The molecule has 1 saturated carbocycles. The molecule has 2 rings (SSSR count). The number of nitrogens with zero attached hydrogens (tertiary/aromatic N) is 2. The van der Waals surface area contributed by atoms with Crippen LogP contribution in [0.15, 0.2) is 12.3 Å². The molecule has 0 bridgehead atoms. The van der Waals surface area contributed by atoms with Crippen molar-refractivity contribution >= 4 is 11.5 Å². The zero-order valence-electron chi connectivity index (χ0n) is 10.7. The summed E-state index contributed by atoms with van der Waals surface area (Å²) in [6.07, 6.45) is 9.61. The Bertz CT molecular complexity index is 430. The van der Waals surface area contributed by atoms with Gasteiger partial charge >= 0.3 is 0 Å². The predicted molar refractivity (Wildman–Crippen MR) is 73.0 cm³/mol. The second kappa shape index (κ2) is 6.25. The lowest BCUT2D eigenvalue weighted by Crippen LogP contribution is -2.07. The highest BCUT2D eigenvalue weighted by molar-refractivity contribution is 5.62. The lowest BCUT2D eigenvalue weighted by molar-refractivity contribution is 0.491. The standard InChI is InChI=1S/C14H20N4/c15-9-12-8-13(16)14(18-10-12)17-7-3-6-11-4-1-2-5-11/h8,10-11H,1-7,16H2,(H,17,18). The number of hydrogen-bond acceptors (Lipinski definition) is 4. The molecule has 4 heteroatoms. The Kier molecular flexibility index (Phi) is 4.40. The van der Waals surface area contributed by atoms with Crippen molar-refractivity contribution in [3.05, 3.63) is 17.8 Å². The van der Waals surface area contributed by atoms with Crippen LogP contribution in [0.3, 0.4) is 0 Å². The molecule has 0 amide bonds. The summed E-state index contributed by atoms with van der Waals surface area (Å²) in [5.74, 6) is 1.62. The molecule has 0 saturated heterocycles. The summed E-state index contributed by atoms with van der Waals surface area (Å²) in [5.41, 5.74) is 6.88. The third-order valence-electron chi connectivity index (χ3n) is 3.60. The predicted octanol–water partition coefficient (Wildman–Crippen LogP) is 2.92. The number of pyridine rings is 1. The number of rotatable bonds is 5. The largest absolute Gasteiger partial charge is 0.396 e. The number of nitrogens with one attached hydrogen (secondary N) is 1. The number of anilines is 2. The molecule has 1 fully saturated rings. The van der Waals surface area contributed by atoms with Crippen LogP contribution >= 0.6 is 0 Å². The van der Waals surface area contributed by atoms with Crippen LogP contribution in [0.25, 0.3) is 0 Å². The first-order valence-electron chi connectivity index (χ1n) is 6.69. The normalized spacial score (nSPS) is 15.5. The fraction of sp³-hybridized carbons (Fsp3) is 0.571. The van der Waals surface area contributed by atoms with E-state index in [2.05, 4.69) is 10.3 Å². The highest BCUT2D eigenvalue weighted by atomic mass is 15.0. The molecule has 0 unspecified atom stereocenters. The Balaban J connectivity index is 1.74. The van der Waals surface area contributed by atoms with Crippen LogP contribution in [0.1, 0.15) is 44.1 Å². The van der Waals surface area contributed by atoms with E-state index in [9.17, 15) is 0 Å². The van der Waals surface area contributed by atoms with Gasteiger partial charge in [-0.15, -0.1) is 0 Å². The zero-order valence-corrected chi connectivity index (χ0v) is 10.7. The third-order valence-corrected chi connectivity index (χ3v) is 3.60. The van der Waals surface area contributed by atoms with Crippen molar-refractivity contribution in [2.45, 2.75) is 38.5 Å². The summed E-state index contributed by atoms with van der Waals surface area (Å²) in [7, 11) is 0. The highest BCUT2D eigenvalue weighted by Gasteiger charge is 2.14. The molecule has 4 nitrogen and oxygen atoms in total. The molecule has 0 radical (unpaired) electrons. The third kappa shape index (κ3) is 3.36. The minimum Gasteiger partial charge on any atom is -0.396 e. The molecule has 1 aliphatic carbocycles. The van der Waals surface area contributed by atoms with Crippen LogP contribution in [0, 0.1) is 17.2 Å². The van der Waals surface area contributed by atoms with Gasteiger partial charge in [-0.1, -0.05) is 25.7 Å². The maximum atomic E-state index is 8.72. The van der Waals surface area contributed by atoms with Crippen molar-refractivity contribution < 1.29 is 0 Å². The average Bonchev–Trinajstić information content (AvgIpc) is 2.89. The van der Waals surface area contributed by atoms with Gasteiger partial charge in [-0.25, -0.2) is 4.98 Å². The fourth-order valence-corrected chi connectivity index (χ4v) is 2.59. The van der Waals surface area contributed by atoms with Crippen molar-refractivity contribution in [1.29, 1.82) is 5.26 Å². The first-order chi connectivity index (χ1) is 8.79. The van der Waals surface area contributed by atoms with E-state index >= 15 is 0 Å². The molecule has 1 heterocycles. The maximum absolute atomic E-state index is 8.72. The van der Waals surface area contributed by atoms with E-state index in [4.69, 9.17) is 11.0 Å². The first-order valence-corrected chi connectivity index (χ1v) is 6.69. The zero-order chi connectivity index (χ0) is 12.8. The van der Waals surface area contributed by atoms with Crippen molar-refractivity contribution in [3.63, 3.8) is 0 Å². The van der Waals surface area contributed by atoms with Crippen molar-refractivity contribution in [2.75, 3.05) is 17.6 Å². The van der Waals surface area contributed by atoms with Crippen LogP contribution in [0.2, 0.25) is 0 Å². The molecular weight excluding hydrogens is 224 g/mol. The Hall–Kier alpha value is -1.76. The van der Waals surface area contributed by atoms with Gasteiger partial charge in [-0.2, -0.15) is 5.26 Å². The molecule has 18 heavy (non-hydrogen) atoms. The fourth-order valence-electron chi connectivity index (χ4n) is 2.59. The highest BCUT2D eigenvalue weighted by Crippen LogP contribution is 2.28. The van der Waals surface area contributed by atoms with Crippen LogP contribution in [0.4, 0.5) is 11.5 Å². The van der Waals surface area contributed by atoms with E-state index in [0.29, 0.717) is 17.1 Å². The van der Waals surface area contributed by atoms with Gasteiger partial charge in [0, 0.05) is 12.7 Å². The summed E-state index contributed by atoms with van der Waals surface area (Å²) < 4.78 is 0. The molecule has 0 spiro atoms. The molecule has 96 valence electrons. The van der Waals surface area contributed by atoms with Crippen molar-refractivity contribution in [2.24, 2.45) is 5.92 Å². The van der Waals surface area contributed by atoms with Gasteiger partial charge in [-0.3, -0.25) is 0 Å². The van der Waals surface area contributed by atoms with Crippen LogP contribution < -0.4 is 11.1 Å². The van der Waals surface area contributed by atoms with E-state index in [0.717, 1.165) is 18.9 Å². The van der Waals surface area contributed by atoms with Crippen LogP contribution in [-0.2, 0) is 0 Å². The molecule has 0 aromatic carbocycles. The molecule has 1 aliphatic rings. The number of nitrogen functional groups attached to an aromatic ring is 1. The molecule has 1 aromatic rings. The minimum absolute atomic E-state index is 0.504. The molecule has 0 aliphatic heterocycles.